The molecule has 0 aliphatic rings. The fourth-order valence-corrected chi connectivity index (χ4v) is 9.76. The second kappa shape index (κ2) is 82.2. The van der Waals surface area contributed by atoms with Gasteiger partial charge in [0.25, 0.3) is 12.5 Å². The van der Waals surface area contributed by atoms with Gasteiger partial charge in [0.2, 0.25) is 18.1 Å². The Balaban J connectivity index is -0.000000560. The SMILES string of the molecule is C=C(C)C(=O)OCCN(C(=O)CCCCCCCNC(=O)OCCCCOC(=O)CCCCCCCNC(=O)N(CCOC(=O)C(=C)C)C(C)(C)C)C(C)(C)C.C=C(C)C(=O)OCCNC(C)(C)C.N#COCCCCCCCC(=O)OCCCCOC(=O)NCCCCCCN=C=O.N#COCCCCCCN=C=O.OCCCCO. The summed E-state index contributed by atoms with van der Waals surface area (Å²) >= 11 is 0. The molecular weight excluding hydrogens is 1510 g/mol. The van der Waals surface area contributed by atoms with Crippen LogP contribution >= 0.6 is 0 Å². The van der Waals surface area contributed by atoms with Crippen LogP contribution in [0.3, 0.4) is 0 Å². The molecule has 5 amide bonds. The molecule has 672 valence electrons. The van der Waals surface area contributed by atoms with E-state index >= 15 is 0 Å². The third-order valence-electron chi connectivity index (χ3n) is 16.2. The summed E-state index contributed by atoms with van der Waals surface area (Å²) < 4.78 is 45.0. The van der Waals surface area contributed by atoms with Gasteiger partial charge in [-0.3, -0.25) is 14.4 Å². The van der Waals surface area contributed by atoms with E-state index in [9.17, 15) is 52.7 Å². The standard InChI is InChI=1S/C42H74N4O10.C21H35N3O6.C10H19NO2.C8H12N2O2.C4H10O2/c1-33(2)37(49)54-31-27-45(41(5,6)7)35(47)23-17-13-11-16-20-26-44-40(52)56-30-22-21-29-53-36(48)24-18-14-12-15-19-25-43-39(51)46(42(8,9)10)28-32-55-38(50)34(3)4;22-18-28-15-9-5-1-2-6-12-20(26)29-16-10-11-17-30-21(27)24-14-8-4-3-7-13-23-19-25;1-8(2)9(12)13-7-6-11-10(3,4)5;9-7-12-6-4-2-1-3-5-10-8-11;5-3-1-2-4-6/h1,3,11-32H2,2,4-10H3,(H,43,51)(H,44,52);1-17H2,(H,24,27);11H,1,6-7H2,2-5H3;1-6H2;5-6H,1-4H2. The highest BCUT2D eigenvalue weighted by Crippen LogP contribution is 2.18. The summed E-state index contributed by atoms with van der Waals surface area (Å²) in [4.78, 5) is 137. The molecule has 0 aromatic carbocycles. The lowest BCUT2D eigenvalue weighted by Crippen LogP contribution is -2.51. The second-order valence-electron chi connectivity index (χ2n) is 30.5. The first-order chi connectivity index (χ1) is 55.6. The van der Waals surface area contributed by atoms with E-state index in [2.05, 4.69) is 81.2 Å². The summed E-state index contributed by atoms with van der Waals surface area (Å²) in [5.74, 6) is -1.64. The van der Waals surface area contributed by atoms with Crippen LogP contribution in [0.2, 0.25) is 0 Å². The Kier molecular flexibility index (Phi) is 81.9. The first-order valence-corrected chi connectivity index (χ1v) is 41.7. The first kappa shape index (κ1) is 117. The van der Waals surface area contributed by atoms with E-state index in [0.29, 0.717) is 141 Å². The molecule has 0 heterocycles. The van der Waals surface area contributed by atoms with Gasteiger partial charge in [0.05, 0.1) is 52.6 Å². The summed E-state index contributed by atoms with van der Waals surface area (Å²) in [7, 11) is 0. The minimum atomic E-state index is -0.471. The van der Waals surface area contributed by atoms with E-state index in [1.165, 1.54) is 12.2 Å². The quantitative estimate of drug-likeness (QED) is 0.00626. The Morgan fingerprint density at radius 3 is 1.03 bits per heavy atom. The summed E-state index contributed by atoms with van der Waals surface area (Å²) in [6, 6.07) is -0.202. The number of hydrogen-bond acceptors (Lipinski definition) is 27. The number of urea groups is 1. The topological polar surface area (TPSA) is 438 Å². The number of amides is 5. The van der Waals surface area contributed by atoms with Gasteiger partial charge in [0.1, 0.15) is 33.0 Å². The number of carbonyl (C=O) groups is 9. The first-order valence-electron chi connectivity index (χ1n) is 41.7. The fourth-order valence-electron chi connectivity index (χ4n) is 9.76. The van der Waals surface area contributed by atoms with Gasteiger partial charge in [0.15, 0.2) is 0 Å². The number of nitriles is 2. The van der Waals surface area contributed by atoms with Crippen LogP contribution in [0, 0.1) is 23.0 Å². The highest BCUT2D eigenvalue weighted by Gasteiger charge is 2.28. The second-order valence-corrected chi connectivity index (χ2v) is 30.5. The molecule has 0 aromatic heterocycles. The van der Waals surface area contributed by atoms with Crippen molar-refractivity contribution >= 4 is 66.1 Å². The molecule has 0 unspecified atom stereocenters. The molecule has 32 heteroatoms. The van der Waals surface area contributed by atoms with Gasteiger partial charge in [-0.05, 0) is 192 Å². The summed E-state index contributed by atoms with van der Waals surface area (Å²) in [5, 5.41) is 44.0. The number of carbonyl (C=O) groups excluding carboxylic acids is 11. The number of nitrogens with one attached hydrogen (secondary N) is 4. The number of alkyl carbamates (subject to hydrolysis) is 2. The largest absolute Gasteiger partial charge is 0.466 e. The number of rotatable bonds is 63. The molecule has 6 N–H and O–H groups in total. The minimum Gasteiger partial charge on any atom is -0.466 e. The van der Waals surface area contributed by atoms with Crippen molar-refractivity contribution in [1.29, 1.82) is 10.5 Å². The van der Waals surface area contributed by atoms with E-state index in [4.69, 9.17) is 53.9 Å². The molecule has 0 radical (unpaired) electrons. The van der Waals surface area contributed by atoms with Crippen molar-refractivity contribution in [2.24, 2.45) is 9.98 Å². The molecule has 0 aliphatic carbocycles. The van der Waals surface area contributed by atoms with E-state index in [0.717, 1.165) is 161 Å². The molecular formula is C85H150N10O22. The van der Waals surface area contributed by atoms with Crippen LogP contribution in [0.15, 0.2) is 46.4 Å². The van der Waals surface area contributed by atoms with E-state index in [1.807, 2.05) is 41.5 Å². The van der Waals surface area contributed by atoms with E-state index in [-0.39, 0.29) is 87.1 Å². The van der Waals surface area contributed by atoms with Crippen molar-refractivity contribution < 1.29 is 106 Å². The maximum atomic E-state index is 12.8. The summed E-state index contributed by atoms with van der Waals surface area (Å²) in [5.41, 5.74) is 0.348. The van der Waals surface area contributed by atoms with Gasteiger partial charge in [-0.25, -0.2) is 48.3 Å². The van der Waals surface area contributed by atoms with Crippen molar-refractivity contribution in [3.05, 3.63) is 36.5 Å². The Bertz CT molecular complexity index is 2750. The predicted octanol–water partition coefficient (Wildman–Crippen LogP) is 13.8. The van der Waals surface area contributed by atoms with Gasteiger partial charge in [-0.1, -0.05) is 96.8 Å². The smallest absolute Gasteiger partial charge is 0.407 e. The molecule has 0 saturated carbocycles. The minimum absolute atomic E-state index is 0.0376. The molecule has 0 saturated heterocycles. The lowest BCUT2D eigenvalue weighted by Gasteiger charge is -2.35. The average molecular weight is 1660 g/mol. The van der Waals surface area contributed by atoms with Gasteiger partial charge in [-0.15, -0.1) is 0 Å². The predicted molar refractivity (Wildman–Crippen MR) is 448 cm³/mol. The summed E-state index contributed by atoms with van der Waals surface area (Å²) in [6.07, 6.45) is 31.2. The number of nitrogens with zero attached hydrogens (tertiary/aromatic N) is 6. The van der Waals surface area contributed by atoms with Crippen LogP contribution in [0.4, 0.5) is 14.4 Å². The van der Waals surface area contributed by atoms with Crippen LogP contribution in [0.1, 0.15) is 289 Å². The van der Waals surface area contributed by atoms with Gasteiger partial charge in [-0.2, -0.15) is 10.5 Å². The van der Waals surface area contributed by atoms with Crippen LogP contribution < -0.4 is 21.3 Å². The lowest BCUT2D eigenvalue weighted by atomic mass is 10.0. The molecule has 0 aliphatic heterocycles. The molecule has 0 fully saturated rings. The lowest BCUT2D eigenvalue weighted by molar-refractivity contribution is -0.144. The van der Waals surface area contributed by atoms with Crippen molar-refractivity contribution in [1.82, 2.24) is 31.1 Å². The fraction of sp³-hybridized carbons (Fsp3) is 0.776. The van der Waals surface area contributed by atoms with Crippen molar-refractivity contribution in [2.45, 2.75) is 305 Å². The highest BCUT2D eigenvalue weighted by molar-refractivity contribution is 5.88. The molecule has 0 spiro atoms. The zero-order chi connectivity index (χ0) is 89.1. The third-order valence-corrected chi connectivity index (χ3v) is 16.2. The van der Waals surface area contributed by atoms with Crippen LogP contribution in [0.5, 0.6) is 0 Å². The Hall–Kier alpha value is -8.93. The molecule has 0 atom stereocenters. The number of aliphatic imine (C=N–C) groups is 2. The van der Waals surface area contributed by atoms with Crippen molar-refractivity contribution in [3.63, 3.8) is 0 Å². The maximum Gasteiger partial charge on any atom is 0.407 e. The molecule has 0 bridgehead atoms. The molecule has 32 nitrogen and oxygen atoms in total. The number of unbranched alkanes of at least 4 members (excludes halogenated alkanes) is 21. The number of isocyanates is 2. The highest BCUT2D eigenvalue weighted by atomic mass is 16.6. The Morgan fingerprint density at radius 1 is 0.368 bits per heavy atom. The van der Waals surface area contributed by atoms with Gasteiger partial charge < -0.3 is 83.9 Å². The number of hydrogen-bond donors (Lipinski definition) is 6. The maximum absolute atomic E-state index is 12.8. The Labute approximate surface area is 699 Å². The van der Waals surface area contributed by atoms with Gasteiger partial charge in [0, 0.05) is 92.0 Å². The van der Waals surface area contributed by atoms with E-state index < -0.39 is 29.7 Å². The number of ether oxygens (including phenoxy) is 9. The Morgan fingerprint density at radius 2 is 0.684 bits per heavy atom. The van der Waals surface area contributed by atoms with Crippen molar-refractivity contribution in [2.75, 3.05) is 125 Å². The number of esters is 5. The molecule has 117 heavy (non-hydrogen) atoms. The zero-order valence-corrected chi connectivity index (χ0v) is 73.4. The normalized spacial score (nSPS) is 10.4. The van der Waals surface area contributed by atoms with E-state index in [1.54, 1.807) is 43.1 Å². The number of aliphatic hydroxyl groups is 2. The molecule has 0 aromatic rings. The third kappa shape index (κ3) is 89.3. The zero-order valence-electron chi connectivity index (χ0n) is 73.4. The number of aliphatic hydroxyl groups excluding tert-OH is 2. The monoisotopic (exact) mass is 1660 g/mol. The van der Waals surface area contributed by atoms with Crippen LogP contribution in [0.25, 0.3) is 0 Å². The van der Waals surface area contributed by atoms with Crippen LogP contribution in [-0.2, 0) is 81.0 Å². The summed E-state index contributed by atoms with van der Waals surface area (Å²) in [6.45, 7) is 40.4. The van der Waals surface area contributed by atoms with Crippen molar-refractivity contribution in [3.8, 4) is 12.5 Å². The average Bonchev–Trinajstić information content (AvgIpc) is 0.868. The van der Waals surface area contributed by atoms with Crippen LogP contribution in [-0.4, -0.2) is 228 Å². The molecule has 0 rings (SSSR count). The van der Waals surface area contributed by atoms with Gasteiger partial charge >= 0.3 is 48.1 Å².